The molecule has 0 amide bonds. The second-order valence-electron chi connectivity index (χ2n) is 5.39. The molecular weight excluding hydrogens is 324 g/mol. The van der Waals surface area contributed by atoms with Crippen LogP contribution >= 0.6 is 0 Å². The Morgan fingerprint density at radius 1 is 1.20 bits per heavy atom. The van der Waals surface area contributed by atoms with E-state index >= 15 is 0 Å². The zero-order valence-electron chi connectivity index (χ0n) is 13.6. The average Bonchev–Trinajstić information content (AvgIpc) is 2.96. The minimum absolute atomic E-state index is 0.0242. The third kappa shape index (κ3) is 3.40. The van der Waals surface area contributed by atoms with Gasteiger partial charge in [-0.3, -0.25) is 10.1 Å². The van der Waals surface area contributed by atoms with Crippen molar-refractivity contribution in [3.05, 3.63) is 75.0 Å². The summed E-state index contributed by atoms with van der Waals surface area (Å²) in [5.41, 5.74) is 2.12. The SMILES string of the molecule is COc1ccc([N+](=O)[O-])cc1C1=N/C(=C/c2ccc(C)cc2)C(=O)O1. The Bertz CT molecular complexity index is 914. The molecule has 0 radical (unpaired) electrons. The van der Waals surface area contributed by atoms with E-state index in [2.05, 4.69) is 4.99 Å². The van der Waals surface area contributed by atoms with Crippen LogP contribution in [0.1, 0.15) is 16.7 Å². The first-order chi connectivity index (χ1) is 12.0. The Labute approximate surface area is 143 Å². The maximum Gasteiger partial charge on any atom is 0.363 e. The fourth-order valence-electron chi connectivity index (χ4n) is 2.32. The molecule has 7 nitrogen and oxygen atoms in total. The average molecular weight is 338 g/mol. The zero-order chi connectivity index (χ0) is 18.0. The second kappa shape index (κ2) is 6.56. The van der Waals surface area contributed by atoms with Crippen LogP contribution in [0.5, 0.6) is 5.75 Å². The number of nitro groups is 1. The number of carbonyl (C=O) groups is 1. The number of aliphatic imine (C=N–C) groups is 1. The molecule has 0 fully saturated rings. The van der Waals surface area contributed by atoms with E-state index in [1.54, 1.807) is 6.08 Å². The minimum Gasteiger partial charge on any atom is -0.496 e. The molecule has 1 heterocycles. The van der Waals surface area contributed by atoms with E-state index < -0.39 is 10.9 Å². The van der Waals surface area contributed by atoms with E-state index in [1.807, 2.05) is 31.2 Å². The number of hydrogen-bond acceptors (Lipinski definition) is 6. The van der Waals surface area contributed by atoms with Gasteiger partial charge in [-0.25, -0.2) is 9.79 Å². The highest BCUT2D eigenvalue weighted by atomic mass is 16.6. The van der Waals surface area contributed by atoms with E-state index in [4.69, 9.17) is 9.47 Å². The molecule has 7 heteroatoms. The molecule has 2 aromatic rings. The topological polar surface area (TPSA) is 91.0 Å². The normalized spacial score (nSPS) is 15.0. The van der Waals surface area contributed by atoms with Gasteiger partial charge in [0.2, 0.25) is 5.90 Å². The molecule has 1 aliphatic rings. The predicted molar refractivity (Wildman–Crippen MR) is 91.4 cm³/mol. The Hall–Kier alpha value is -3.48. The lowest BCUT2D eigenvalue weighted by molar-refractivity contribution is -0.384. The molecule has 0 N–H and O–H groups in total. The number of rotatable bonds is 4. The number of ether oxygens (including phenoxy) is 2. The number of non-ortho nitro benzene ring substituents is 1. The van der Waals surface area contributed by atoms with Gasteiger partial charge in [0.15, 0.2) is 5.70 Å². The maximum absolute atomic E-state index is 12.1. The molecule has 2 aromatic carbocycles. The lowest BCUT2D eigenvalue weighted by Crippen LogP contribution is -2.07. The van der Waals surface area contributed by atoms with Crippen molar-refractivity contribution < 1.29 is 19.2 Å². The highest BCUT2D eigenvalue weighted by molar-refractivity contribution is 6.14. The second-order valence-corrected chi connectivity index (χ2v) is 5.39. The molecule has 0 atom stereocenters. The number of carbonyl (C=O) groups excluding carboxylic acids is 1. The largest absolute Gasteiger partial charge is 0.496 e. The summed E-state index contributed by atoms with van der Waals surface area (Å²) in [4.78, 5) is 26.7. The quantitative estimate of drug-likeness (QED) is 0.369. The Balaban J connectivity index is 2.01. The number of benzene rings is 2. The fourth-order valence-corrected chi connectivity index (χ4v) is 2.32. The first-order valence-corrected chi connectivity index (χ1v) is 7.40. The molecule has 0 unspecified atom stereocenters. The fraction of sp³-hybridized carbons (Fsp3) is 0.111. The smallest absolute Gasteiger partial charge is 0.363 e. The number of cyclic esters (lactones) is 1. The van der Waals surface area contributed by atoms with Gasteiger partial charge in [-0.15, -0.1) is 0 Å². The lowest BCUT2D eigenvalue weighted by Gasteiger charge is -2.06. The van der Waals surface area contributed by atoms with Crippen molar-refractivity contribution in [1.29, 1.82) is 0 Å². The molecule has 25 heavy (non-hydrogen) atoms. The third-order valence-electron chi connectivity index (χ3n) is 3.63. The van der Waals surface area contributed by atoms with E-state index in [0.717, 1.165) is 11.1 Å². The van der Waals surface area contributed by atoms with Crippen LogP contribution in [0.25, 0.3) is 6.08 Å². The highest BCUT2D eigenvalue weighted by Crippen LogP contribution is 2.28. The number of nitro benzene ring substituents is 1. The summed E-state index contributed by atoms with van der Waals surface area (Å²) in [6.07, 6.45) is 1.60. The number of esters is 1. The van der Waals surface area contributed by atoms with Crippen molar-refractivity contribution in [3.8, 4) is 5.75 Å². The Morgan fingerprint density at radius 3 is 2.56 bits per heavy atom. The van der Waals surface area contributed by atoms with Crippen LogP contribution in [0.2, 0.25) is 0 Å². The van der Waals surface area contributed by atoms with E-state index in [0.29, 0.717) is 5.75 Å². The van der Waals surface area contributed by atoms with Gasteiger partial charge in [0, 0.05) is 12.1 Å². The number of aryl methyl sites for hydroxylation is 1. The predicted octanol–water partition coefficient (Wildman–Crippen LogP) is 3.26. The van der Waals surface area contributed by atoms with E-state index in [9.17, 15) is 14.9 Å². The number of hydrogen-bond donors (Lipinski definition) is 0. The van der Waals surface area contributed by atoms with Gasteiger partial charge in [-0.1, -0.05) is 29.8 Å². The molecule has 1 aliphatic heterocycles. The first kappa shape index (κ1) is 16.4. The molecule has 0 aliphatic carbocycles. The lowest BCUT2D eigenvalue weighted by atomic mass is 10.1. The molecular formula is C18H14N2O5. The Kier molecular flexibility index (Phi) is 4.30. The summed E-state index contributed by atoms with van der Waals surface area (Å²) in [5, 5.41) is 11.0. The summed E-state index contributed by atoms with van der Waals surface area (Å²) in [6, 6.07) is 11.6. The summed E-state index contributed by atoms with van der Waals surface area (Å²) < 4.78 is 10.4. The zero-order valence-corrected chi connectivity index (χ0v) is 13.6. The Morgan fingerprint density at radius 2 is 1.92 bits per heavy atom. The number of methoxy groups -OCH3 is 1. The van der Waals surface area contributed by atoms with Crippen LogP contribution in [0.15, 0.2) is 53.2 Å². The van der Waals surface area contributed by atoms with Crippen LogP contribution in [0, 0.1) is 17.0 Å². The van der Waals surface area contributed by atoms with Crippen LogP contribution in [0.3, 0.4) is 0 Å². The van der Waals surface area contributed by atoms with Crippen LogP contribution in [0.4, 0.5) is 5.69 Å². The van der Waals surface area contributed by atoms with Crippen molar-refractivity contribution in [2.45, 2.75) is 6.92 Å². The van der Waals surface area contributed by atoms with Crippen molar-refractivity contribution in [2.75, 3.05) is 7.11 Å². The molecule has 0 bridgehead atoms. The van der Waals surface area contributed by atoms with Gasteiger partial charge in [0.25, 0.3) is 5.69 Å². The highest BCUT2D eigenvalue weighted by Gasteiger charge is 2.27. The van der Waals surface area contributed by atoms with Gasteiger partial charge in [0.05, 0.1) is 17.6 Å². The van der Waals surface area contributed by atoms with Crippen molar-refractivity contribution >= 4 is 23.6 Å². The van der Waals surface area contributed by atoms with Crippen molar-refractivity contribution in [1.82, 2.24) is 0 Å². The van der Waals surface area contributed by atoms with Crippen LogP contribution in [-0.2, 0) is 9.53 Å². The molecule has 0 saturated heterocycles. The molecule has 0 aromatic heterocycles. The van der Waals surface area contributed by atoms with Crippen LogP contribution in [-0.4, -0.2) is 23.9 Å². The first-order valence-electron chi connectivity index (χ1n) is 7.40. The minimum atomic E-state index is -0.621. The summed E-state index contributed by atoms with van der Waals surface area (Å²) in [6.45, 7) is 1.96. The van der Waals surface area contributed by atoms with Gasteiger partial charge >= 0.3 is 5.97 Å². The molecule has 3 rings (SSSR count). The third-order valence-corrected chi connectivity index (χ3v) is 3.63. The molecule has 0 spiro atoms. The summed E-state index contributed by atoms with van der Waals surface area (Å²) in [7, 11) is 1.42. The van der Waals surface area contributed by atoms with Gasteiger partial charge < -0.3 is 9.47 Å². The van der Waals surface area contributed by atoms with Gasteiger partial charge in [-0.2, -0.15) is 0 Å². The van der Waals surface area contributed by atoms with Crippen molar-refractivity contribution in [3.63, 3.8) is 0 Å². The maximum atomic E-state index is 12.1. The summed E-state index contributed by atoms with van der Waals surface area (Å²) in [5.74, 6) is -0.318. The molecule has 0 saturated carbocycles. The van der Waals surface area contributed by atoms with Gasteiger partial charge in [-0.05, 0) is 24.6 Å². The van der Waals surface area contributed by atoms with Gasteiger partial charge in [0.1, 0.15) is 5.75 Å². The standard InChI is InChI=1S/C18H14N2O5/c1-11-3-5-12(6-4-11)9-15-18(21)25-17(19-15)14-10-13(20(22)23)7-8-16(14)24-2/h3-10H,1-2H3/b15-9+. The number of nitrogens with zero attached hydrogens (tertiary/aromatic N) is 2. The van der Waals surface area contributed by atoms with E-state index in [1.165, 1.54) is 25.3 Å². The summed E-state index contributed by atoms with van der Waals surface area (Å²) >= 11 is 0. The monoisotopic (exact) mass is 338 g/mol. The van der Waals surface area contributed by atoms with Crippen molar-refractivity contribution in [2.24, 2.45) is 4.99 Å². The molecule has 126 valence electrons. The van der Waals surface area contributed by atoms with E-state index in [-0.39, 0.29) is 22.8 Å². The van der Waals surface area contributed by atoms with Crippen LogP contribution < -0.4 is 4.74 Å².